The second-order valence-corrected chi connectivity index (χ2v) is 3.06. The Hall–Kier alpha value is -0.490. The Morgan fingerprint density at radius 3 is 2.57 bits per heavy atom. The van der Waals surface area contributed by atoms with Crippen molar-refractivity contribution in [3.63, 3.8) is 0 Å². The van der Waals surface area contributed by atoms with Crippen molar-refractivity contribution in [1.29, 1.82) is 0 Å². The molecule has 0 unspecified atom stereocenters. The van der Waals surface area contributed by atoms with Crippen LogP contribution < -0.4 is 10.6 Å². The largest absolute Gasteiger partial charge is 0.374 e. The second-order valence-electron chi connectivity index (χ2n) is 2.65. The predicted molar refractivity (Wildman–Crippen MR) is 55.7 cm³/mol. The van der Waals surface area contributed by atoms with Gasteiger partial charge in [0.05, 0.1) is 6.61 Å². The van der Waals surface area contributed by atoms with Crippen LogP contribution in [0, 0.1) is 0 Å². The highest BCUT2D eigenvalue weighted by atomic mass is 32.1. The Kier molecular flexibility index (Phi) is 8.76. The van der Waals surface area contributed by atoms with Crippen LogP contribution in [0.3, 0.4) is 0 Å². The van der Waals surface area contributed by atoms with Gasteiger partial charge in [0.25, 0.3) is 6.43 Å². The molecule has 0 saturated heterocycles. The van der Waals surface area contributed by atoms with Crippen LogP contribution in [0.25, 0.3) is 0 Å². The zero-order chi connectivity index (χ0) is 10.8. The summed E-state index contributed by atoms with van der Waals surface area (Å²) in [5.41, 5.74) is 0. The molecular formula is C8H16F2N2OS. The van der Waals surface area contributed by atoms with Gasteiger partial charge in [-0.2, -0.15) is 0 Å². The minimum Gasteiger partial charge on any atom is -0.374 e. The Morgan fingerprint density at radius 1 is 1.36 bits per heavy atom. The summed E-state index contributed by atoms with van der Waals surface area (Å²) in [6.45, 7) is 3.00. The quantitative estimate of drug-likeness (QED) is 0.504. The van der Waals surface area contributed by atoms with Crippen LogP contribution >= 0.6 is 12.2 Å². The summed E-state index contributed by atoms with van der Waals surface area (Å²) in [7, 11) is 0. The topological polar surface area (TPSA) is 33.3 Å². The van der Waals surface area contributed by atoms with E-state index >= 15 is 0 Å². The van der Waals surface area contributed by atoms with E-state index in [2.05, 4.69) is 15.4 Å². The summed E-state index contributed by atoms with van der Waals surface area (Å²) in [6, 6.07) is 0. The first kappa shape index (κ1) is 13.5. The Labute approximate surface area is 88.2 Å². The molecule has 0 aliphatic carbocycles. The third kappa shape index (κ3) is 9.60. The van der Waals surface area contributed by atoms with Crippen molar-refractivity contribution in [1.82, 2.24) is 10.6 Å². The van der Waals surface area contributed by atoms with Gasteiger partial charge in [-0.05, 0) is 18.6 Å². The van der Waals surface area contributed by atoms with Crippen LogP contribution in [0.15, 0.2) is 0 Å². The number of thiocarbonyl (C=S) groups is 1. The van der Waals surface area contributed by atoms with E-state index in [4.69, 9.17) is 12.2 Å². The van der Waals surface area contributed by atoms with E-state index in [1.165, 1.54) is 0 Å². The summed E-state index contributed by atoms with van der Waals surface area (Å²) in [5, 5.41) is 6.32. The molecule has 2 N–H and O–H groups in total. The highest BCUT2D eigenvalue weighted by Gasteiger charge is 2.00. The number of nitrogens with one attached hydrogen (secondary N) is 2. The molecule has 0 aliphatic heterocycles. The molecule has 0 aliphatic rings. The SMILES string of the molecule is CCCNC(=S)NCCOCC(F)F. The maximum Gasteiger partial charge on any atom is 0.261 e. The fraction of sp³-hybridized carbons (Fsp3) is 0.875. The third-order valence-corrected chi connectivity index (χ3v) is 1.60. The fourth-order valence-corrected chi connectivity index (χ4v) is 0.914. The van der Waals surface area contributed by atoms with Gasteiger partial charge in [0.15, 0.2) is 5.11 Å². The molecule has 0 bridgehead atoms. The minimum atomic E-state index is -2.40. The highest BCUT2D eigenvalue weighted by molar-refractivity contribution is 7.80. The summed E-state index contributed by atoms with van der Waals surface area (Å²) in [6.07, 6.45) is -1.41. The van der Waals surface area contributed by atoms with Gasteiger partial charge in [0.1, 0.15) is 6.61 Å². The standard InChI is InChI=1S/C8H16F2N2OS/c1-2-3-11-8(14)12-4-5-13-6-7(9)10/h7H,2-6H2,1H3,(H2,11,12,14). The van der Waals surface area contributed by atoms with Gasteiger partial charge < -0.3 is 15.4 Å². The number of rotatable bonds is 7. The van der Waals surface area contributed by atoms with Crippen LogP contribution in [0.1, 0.15) is 13.3 Å². The number of hydrogen-bond acceptors (Lipinski definition) is 2. The van der Waals surface area contributed by atoms with Crippen LogP contribution in [0.4, 0.5) is 8.78 Å². The molecule has 3 nitrogen and oxygen atoms in total. The van der Waals surface area contributed by atoms with Gasteiger partial charge in [0.2, 0.25) is 0 Å². The summed E-state index contributed by atoms with van der Waals surface area (Å²) in [5.74, 6) is 0. The molecule has 84 valence electrons. The van der Waals surface area contributed by atoms with Crippen LogP contribution in [-0.2, 0) is 4.74 Å². The zero-order valence-corrected chi connectivity index (χ0v) is 9.00. The molecule has 0 aromatic carbocycles. The smallest absolute Gasteiger partial charge is 0.261 e. The summed E-state index contributed by atoms with van der Waals surface area (Å²) in [4.78, 5) is 0. The normalized spacial score (nSPS) is 10.3. The van der Waals surface area contributed by atoms with Crippen LogP contribution in [0.2, 0.25) is 0 Å². The average Bonchev–Trinajstić information content (AvgIpc) is 2.13. The Morgan fingerprint density at radius 2 is 2.00 bits per heavy atom. The first-order valence-corrected chi connectivity index (χ1v) is 4.95. The molecule has 0 radical (unpaired) electrons. The molecule has 6 heteroatoms. The summed E-state index contributed by atoms with van der Waals surface area (Å²) < 4.78 is 27.9. The molecule has 0 aromatic rings. The maximum absolute atomic E-state index is 11.6. The zero-order valence-electron chi connectivity index (χ0n) is 8.19. The number of ether oxygens (including phenoxy) is 1. The van der Waals surface area contributed by atoms with Crippen LogP contribution in [0.5, 0.6) is 0 Å². The van der Waals surface area contributed by atoms with Crippen molar-refractivity contribution >= 4 is 17.3 Å². The minimum absolute atomic E-state index is 0.234. The van der Waals surface area contributed by atoms with E-state index in [1.807, 2.05) is 6.92 Å². The number of halogens is 2. The molecule has 0 rings (SSSR count). The monoisotopic (exact) mass is 226 g/mol. The lowest BCUT2D eigenvalue weighted by Crippen LogP contribution is -2.37. The Bertz CT molecular complexity index is 158. The van der Waals surface area contributed by atoms with Crippen molar-refractivity contribution in [3.8, 4) is 0 Å². The van der Waals surface area contributed by atoms with Gasteiger partial charge >= 0.3 is 0 Å². The van der Waals surface area contributed by atoms with E-state index in [-0.39, 0.29) is 6.61 Å². The summed E-state index contributed by atoms with van der Waals surface area (Å²) >= 11 is 4.89. The molecule has 0 spiro atoms. The van der Waals surface area contributed by atoms with Crippen molar-refractivity contribution in [2.24, 2.45) is 0 Å². The predicted octanol–water partition coefficient (Wildman–Crippen LogP) is 1.14. The van der Waals surface area contributed by atoms with Gasteiger partial charge in [-0.3, -0.25) is 0 Å². The molecule has 14 heavy (non-hydrogen) atoms. The fourth-order valence-electron chi connectivity index (χ4n) is 0.710. The Balaban J connectivity index is 3.15. The van der Waals surface area contributed by atoms with Gasteiger partial charge in [-0.25, -0.2) is 8.78 Å². The number of alkyl halides is 2. The van der Waals surface area contributed by atoms with E-state index in [0.29, 0.717) is 11.7 Å². The second kappa shape index (κ2) is 9.08. The van der Waals surface area contributed by atoms with Gasteiger partial charge in [-0.15, -0.1) is 0 Å². The lowest BCUT2D eigenvalue weighted by atomic mass is 10.5. The maximum atomic E-state index is 11.6. The van der Waals surface area contributed by atoms with E-state index in [1.54, 1.807) is 0 Å². The average molecular weight is 226 g/mol. The first-order chi connectivity index (χ1) is 6.66. The lowest BCUT2D eigenvalue weighted by Gasteiger charge is -2.09. The van der Waals surface area contributed by atoms with E-state index in [0.717, 1.165) is 13.0 Å². The van der Waals surface area contributed by atoms with Gasteiger partial charge in [0, 0.05) is 13.1 Å². The third-order valence-electron chi connectivity index (χ3n) is 1.31. The highest BCUT2D eigenvalue weighted by Crippen LogP contribution is 1.91. The first-order valence-electron chi connectivity index (χ1n) is 4.54. The molecule has 0 heterocycles. The number of hydrogen-bond donors (Lipinski definition) is 2. The van der Waals surface area contributed by atoms with Gasteiger partial charge in [-0.1, -0.05) is 6.92 Å². The van der Waals surface area contributed by atoms with Crippen molar-refractivity contribution in [2.45, 2.75) is 19.8 Å². The van der Waals surface area contributed by atoms with Crippen LogP contribution in [-0.4, -0.2) is 37.8 Å². The molecule has 0 amide bonds. The molecule has 0 atom stereocenters. The van der Waals surface area contributed by atoms with Crippen molar-refractivity contribution < 1.29 is 13.5 Å². The lowest BCUT2D eigenvalue weighted by molar-refractivity contribution is 0.0197. The van der Waals surface area contributed by atoms with E-state index < -0.39 is 13.0 Å². The molecular weight excluding hydrogens is 210 g/mol. The van der Waals surface area contributed by atoms with Crippen molar-refractivity contribution in [2.75, 3.05) is 26.3 Å². The van der Waals surface area contributed by atoms with E-state index in [9.17, 15) is 8.78 Å². The molecule has 0 saturated carbocycles. The molecule has 0 aromatic heterocycles. The molecule has 0 fully saturated rings. The van der Waals surface area contributed by atoms with Crippen molar-refractivity contribution in [3.05, 3.63) is 0 Å².